The quantitative estimate of drug-likeness (QED) is 0.903. The lowest BCUT2D eigenvalue weighted by atomic mass is 9.82. The van der Waals surface area contributed by atoms with Gasteiger partial charge < -0.3 is 9.84 Å². The Balaban J connectivity index is 1.58. The summed E-state index contributed by atoms with van der Waals surface area (Å²) in [6, 6.07) is 5.41. The maximum atomic E-state index is 12.7. The summed E-state index contributed by atoms with van der Waals surface area (Å²) in [6.07, 6.45) is 2.49. The van der Waals surface area contributed by atoms with E-state index in [1.807, 2.05) is 0 Å². The molecule has 4 rings (SSSR count). The van der Waals surface area contributed by atoms with Crippen LogP contribution in [0.15, 0.2) is 29.2 Å². The molecular weight excluding hydrogens is 306 g/mol. The molecule has 118 valence electrons. The molecule has 6 nitrogen and oxygen atoms in total. The first-order valence-electron chi connectivity index (χ1n) is 7.46. The molecule has 1 aromatic carbocycles. The highest BCUT2D eigenvalue weighted by Crippen LogP contribution is 2.48. The Labute approximate surface area is 128 Å². The number of benzene rings is 1. The molecule has 1 aromatic rings. The first-order chi connectivity index (χ1) is 10.5. The van der Waals surface area contributed by atoms with Crippen molar-refractivity contribution in [1.82, 2.24) is 4.31 Å². The van der Waals surface area contributed by atoms with Gasteiger partial charge in [0.2, 0.25) is 10.0 Å². The van der Waals surface area contributed by atoms with Crippen molar-refractivity contribution in [3.05, 3.63) is 29.8 Å². The first-order valence-corrected chi connectivity index (χ1v) is 8.90. The van der Waals surface area contributed by atoms with Gasteiger partial charge in [-0.3, -0.25) is 0 Å². The molecule has 3 heterocycles. The van der Waals surface area contributed by atoms with Crippen LogP contribution >= 0.6 is 0 Å². The normalized spacial score (nSPS) is 34.0. The topological polar surface area (TPSA) is 83.9 Å². The molecular formula is C15H17NO5S. The molecule has 2 bridgehead atoms. The van der Waals surface area contributed by atoms with E-state index in [0.29, 0.717) is 24.9 Å². The van der Waals surface area contributed by atoms with Gasteiger partial charge in [-0.05, 0) is 37.1 Å². The lowest BCUT2D eigenvalue weighted by Crippen LogP contribution is -2.31. The van der Waals surface area contributed by atoms with E-state index in [1.54, 1.807) is 0 Å². The van der Waals surface area contributed by atoms with Gasteiger partial charge >= 0.3 is 5.97 Å². The summed E-state index contributed by atoms with van der Waals surface area (Å²) in [5.74, 6) is -0.438. The second kappa shape index (κ2) is 4.78. The third-order valence-corrected chi connectivity index (χ3v) is 7.00. The number of fused-ring (bicyclic) bond motifs is 5. The second-order valence-electron chi connectivity index (χ2n) is 6.27. The number of rotatable bonds is 3. The highest BCUT2D eigenvalue weighted by molar-refractivity contribution is 7.89. The van der Waals surface area contributed by atoms with E-state index in [4.69, 9.17) is 9.84 Å². The maximum absolute atomic E-state index is 12.7. The van der Waals surface area contributed by atoms with Crippen molar-refractivity contribution < 1.29 is 23.1 Å². The Hall–Kier alpha value is -1.44. The fraction of sp³-hybridized carbons (Fsp3) is 0.533. The van der Waals surface area contributed by atoms with E-state index in [2.05, 4.69) is 0 Å². The van der Waals surface area contributed by atoms with Crippen LogP contribution < -0.4 is 0 Å². The summed E-state index contributed by atoms with van der Waals surface area (Å²) < 4.78 is 32.8. The Bertz CT molecular complexity index is 696. The smallest absolute Gasteiger partial charge is 0.335 e. The van der Waals surface area contributed by atoms with E-state index in [-0.39, 0.29) is 22.7 Å². The van der Waals surface area contributed by atoms with Crippen LogP contribution in [0.1, 0.15) is 23.2 Å². The Morgan fingerprint density at radius 1 is 1.09 bits per heavy atom. The Morgan fingerprint density at radius 2 is 1.64 bits per heavy atom. The average molecular weight is 323 g/mol. The number of carboxylic acid groups (broad SMARTS) is 1. The first kappa shape index (κ1) is 14.2. The summed E-state index contributed by atoms with van der Waals surface area (Å²) in [5, 5.41) is 8.89. The van der Waals surface area contributed by atoms with Crippen LogP contribution in [0.3, 0.4) is 0 Å². The molecule has 7 heteroatoms. The molecule has 0 aromatic heterocycles. The molecule has 22 heavy (non-hydrogen) atoms. The van der Waals surface area contributed by atoms with Crippen molar-refractivity contribution in [2.24, 2.45) is 11.8 Å². The number of hydrogen-bond donors (Lipinski definition) is 1. The summed E-state index contributed by atoms with van der Waals surface area (Å²) in [7, 11) is -3.56. The van der Waals surface area contributed by atoms with Crippen molar-refractivity contribution in [2.75, 3.05) is 13.1 Å². The minimum absolute atomic E-state index is 0.0867. The molecule has 3 saturated heterocycles. The van der Waals surface area contributed by atoms with Crippen molar-refractivity contribution in [3.63, 3.8) is 0 Å². The molecule has 0 spiro atoms. The van der Waals surface area contributed by atoms with Crippen LogP contribution in [0.4, 0.5) is 0 Å². The lowest BCUT2D eigenvalue weighted by Gasteiger charge is -2.18. The highest BCUT2D eigenvalue weighted by atomic mass is 32.2. The maximum Gasteiger partial charge on any atom is 0.335 e. The predicted octanol–water partition coefficient (Wildman–Crippen LogP) is 1.18. The molecule has 3 fully saturated rings. The molecule has 0 unspecified atom stereocenters. The zero-order valence-corrected chi connectivity index (χ0v) is 12.7. The molecule has 0 aliphatic carbocycles. The zero-order chi connectivity index (χ0) is 15.5. The van der Waals surface area contributed by atoms with Gasteiger partial charge in [-0.25, -0.2) is 13.2 Å². The summed E-state index contributed by atoms with van der Waals surface area (Å²) >= 11 is 0. The third-order valence-electron chi connectivity index (χ3n) is 5.16. The van der Waals surface area contributed by atoms with Gasteiger partial charge in [0.15, 0.2) is 0 Å². The number of ether oxygens (including phenoxy) is 1. The monoisotopic (exact) mass is 323 g/mol. The van der Waals surface area contributed by atoms with Gasteiger partial charge in [0, 0.05) is 24.9 Å². The van der Waals surface area contributed by atoms with Crippen LogP contribution in [0, 0.1) is 11.8 Å². The second-order valence-corrected chi connectivity index (χ2v) is 8.21. The van der Waals surface area contributed by atoms with Crippen LogP contribution in [0.25, 0.3) is 0 Å². The number of aromatic carboxylic acids is 1. The Morgan fingerprint density at radius 3 is 2.14 bits per heavy atom. The fourth-order valence-corrected chi connectivity index (χ4v) is 5.55. The molecule has 0 radical (unpaired) electrons. The van der Waals surface area contributed by atoms with Gasteiger partial charge in [0.1, 0.15) is 0 Å². The van der Waals surface area contributed by atoms with Gasteiger partial charge in [-0.1, -0.05) is 0 Å². The van der Waals surface area contributed by atoms with Crippen LogP contribution in [0.2, 0.25) is 0 Å². The number of sulfonamides is 1. The van der Waals surface area contributed by atoms with Gasteiger partial charge in [0.25, 0.3) is 0 Å². The molecule has 0 amide bonds. The van der Waals surface area contributed by atoms with Gasteiger partial charge in [-0.15, -0.1) is 0 Å². The highest BCUT2D eigenvalue weighted by Gasteiger charge is 2.54. The standard InChI is InChI=1S/C15H17NO5S/c17-15(18)9-1-3-10(4-2-9)22(19,20)16-7-11-12(8-16)14-6-5-13(11)21-14/h1-4,11-14H,5-8H2,(H,17,18)/t11-,12-,13+,14+/m0/s1. The number of carboxylic acids is 1. The van der Waals surface area contributed by atoms with Gasteiger partial charge in [0.05, 0.1) is 22.7 Å². The van der Waals surface area contributed by atoms with E-state index in [0.717, 1.165) is 12.8 Å². The molecule has 4 atom stereocenters. The fourth-order valence-electron chi connectivity index (χ4n) is 4.04. The number of carbonyl (C=O) groups is 1. The van der Waals surface area contributed by atoms with Crippen molar-refractivity contribution in [1.29, 1.82) is 0 Å². The zero-order valence-electron chi connectivity index (χ0n) is 11.9. The lowest BCUT2D eigenvalue weighted by molar-refractivity contribution is 0.0696. The minimum atomic E-state index is -3.56. The summed E-state index contributed by atoms with van der Waals surface area (Å²) in [5.41, 5.74) is 0.0867. The third kappa shape index (κ3) is 2.00. The number of hydrogen-bond acceptors (Lipinski definition) is 4. The molecule has 3 aliphatic rings. The van der Waals surface area contributed by atoms with Crippen molar-refractivity contribution in [3.8, 4) is 0 Å². The number of nitrogens with zero attached hydrogens (tertiary/aromatic N) is 1. The van der Waals surface area contributed by atoms with Crippen LogP contribution in [-0.2, 0) is 14.8 Å². The van der Waals surface area contributed by atoms with Crippen molar-refractivity contribution >= 4 is 16.0 Å². The molecule has 1 N–H and O–H groups in total. The molecule has 3 aliphatic heterocycles. The van der Waals surface area contributed by atoms with E-state index < -0.39 is 16.0 Å². The van der Waals surface area contributed by atoms with Crippen LogP contribution in [0.5, 0.6) is 0 Å². The molecule has 0 saturated carbocycles. The largest absolute Gasteiger partial charge is 0.478 e. The van der Waals surface area contributed by atoms with E-state index in [1.165, 1.54) is 28.6 Å². The SMILES string of the molecule is O=C(O)c1ccc(S(=O)(=O)N2C[C@H]3[C@H](C2)[C@H]2CC[C@H]3O2)cc1. The summed E-state index contributed by atoms with van der Waals surface area (Å²) in [6.45, 7) is 1.02. The van der Waals surface area contributed by atoms with Crippen LogP contribution in [-0.4, -0.2) is 49.1 Å². The Kier molecular flexibility index (Phi) is 3.08. The predicted molar refractivity (Wildman–Crippen MR) is 77.0 cm³/mol. The van der Waals surface area contributed by atoms with Crippen molar-refractivity contribution in [2.45, 2.75) is 29.9 Å². The van der Waals surface area contributed by atoms with E-state index >= 15 is 0 Å². The summed E-state index contributed by atoms with van der Waals surface area (Å²) in [4.78, 5) is 11.0. The minimum Gasteiger partial charge on any atom is -0.478 e. The average Bonchev–Trinajstić information content (AvgIpc) is 3.19. The van der Waals surface area contributed by atoms with E-state index in [9.17, 15) is 13.2 Å². The van der Waals surface area contributed by atoms with Gasteiger partial charge in [-0.2, -0.15) is 4.31 Å².